The van der Waals surface area contributed by atoms with Crippen molar-refractivity contribution < 1.29 is 18.8 Å². The molecule has 0 bridgehead atoms. The number of thioether (sulfide) groups is 1. The number of carbonyl (C=O) groups excluding carboxylic acids is 1. The first-order valence-corrected chi connectivity index (χ1v) is 12.3. The van der Waals surface area contributed by atoms with Gasteiger partial charge < -0.3 is 25.0 Å². The van der Waals surface area contributed by atoms with Crippen LogP contribution in [0.25, 0.3) is 22.8 Å². The van der Waals surface area contributed by atoms with E-state index in [9.17, 15) is 4.79 Å². The highest BCUT2D eigenvalue weighted by Gasteiger charge is 2.24. The predicted octanol–water partition coefficient (Wildman–Crippen LogP) is 3.38. The van der Waals surface area contributed by atoms with Crippen LogP contribution in [0.4, 0.5) is 5.82 Å². The van der Waals surface area contributed by atoms with Crippen LogP contribution in [-0.2, 0) is 17.8 Å². The molecule has 1 aliphatic heterocycles. The Hall–Kier alpha value is -3.99. The number of benzene rings is 2. The van der Waals surface area contributed by atoms with Crippen molar-refractivity contribution >= 4 is 23.5 Å². The van der Waals surface area contributed by atoms with E-state index in [0.717, 1.165) is 18.4 Å². The number of nitrogens with one attached hydrogen (secondary N) is 1. The van der Waals surface area contributed by atoms with Crippen LogP contribution in [0.1, 0.15) is 12.0 Å². The summed E-state index contributed by atoms with van der Waals surface area (Å²) in [5, 5.41) is 12.1. The molecule has 2 aromatic carbocycles. The van der Waals surface area contributed by atoms with Gasteiger partial charge in [-0.2, -0.15) is 10.1 Å². The van der Waals surface area contributed by atoms with E-state index in [-0.39, 0.29) is 31.0 Å². The van der Waals surface area contributed by atoms with Crippen molar-refractivity contribution in [2.45, 2.75) is 24.4 Å². The molecule has 11 heteroatoms. The van der Waals surface area contributed by atoms with Crippen LogP contribution in [0, 0.1) is 0 Å². The summed E-state index contributed by atoms with van der Waals surface area (Å²) in [6, 6.07) is 15.6. The number of hydrogen-bond donors (Lipinski definition) is 2. The van der Waals surface area contributed by atoms with Gasteiger partial charge in [0.1, 0.15) is 23.0 Å². The van der Waals surface area contributed by atoms with Crippen LogP contribution in [-0.4, -0.2) is 45.4 Å². The Morgan fingerprint density at radius 3 is 2.83 bits per heavy atom. The average Bonchev–Trinajstić information content (AvgIpc) is 3.61. The molecule has 0 aliphatic carbocycles. The van der Waals surface area contributed by atoms with Crippen molar-refractivity contribution in [3.8, 4) is 34.3 Å². The van der Waals surface area contributed by atoms with Gasteiger partial charge in [-0.05, 0) is 42.9 Å². The van der Waals surface area contributed by atoms with E-state index >= 15 is 0 Å². The van der Waals surface area contributed by atoms with Crippen LogP contribution in [0.15, 0.2) is 58.1 Å². The number of nitrogen functional groups attached to an aromatic ring is 1. The summed E-state index contributed by atoms with van der Waals surface area (Å²) in [6.07, 6.45) is 3.61. The number of carbonyl (C=O) groups is 1. The van der Waals surface area contributed by atoms with Crippen molar-refractivity contribution in [2.75, 3.05) is 25.3 Å². The molecule has 0 spiro atoms. The molecule has 0 radical (unpaired) electrons. The first-order valence-electron chi connectivity index (χ1n) is 11.1. The first kappa shape index (κ1) is 22.8. The van der Waals surface area contributed by atoms with Crippen molar-refractivity contribution in [2.24, 2.45) is 0 Å². The van der Waals surface area contributed by atoms with Crippen molar-refractivity contribution in [3.05, 3.63) is 54.1 Å². The fraction of sp³-hybridized carbons (Fsp3) is 0.250. The minimum atomic E-state index is -0.168. The number of fused-ring (bicyclic) bond motifs is 1. The molecule has 1 aliphatic rings. The lowest BCUT2D eigenvalue weighted by Crippen LogP contribution is -2.29. The van der Waals surface area contributed by atoms with E-state index in [1.54, 1.807) is 12.1 Å². The minimum absolute atomic E-state index is 0.00607. The number of aryl methyl sites for hydroxylation is 1. The highest BCUT2D eigenvalue weighted by molar-refractivity contribution is 7.98. The van der Waals surface area contributed by atoms with Crippen LogP contribution in [0.2, 0.25) is 0 Å². The summed E-state index contributed by atoms with van der Waals surface area (Å²) in [4.78, 5) is 17.0. The number of nitrogens with two attached hydrogens (primary N) is 1. The van der Waals surface area contributed by atoms with Crippen LogP contribution in [0.3, 0.4) is 0 Å². The van der Waals surface area contributed by atoms with E-state index in [0.29, 0.717) is 34.5 Å². The van der Waals surface area contributed by atoms with Crippen molar-refractivity contribution in [1.29, 1.82) is 0 Å². The largest absolute Gasteiger partial charge is 0.454 e. The summed E-state index contributed by atoms with van der Waals surface area (Å²) >= 11 is 1.38. The smallest absolute Gasteiger partial charge is 0.264 e. The lowest BCUT2D eigenvalue weighted by molar-refractivity contribution is -0.121. The molecule has 0 unspecified atom stereocenters. The summed E-state index contributed by atoms with van der Waals surface area (Å²) in [7, 11) is 0. The molecule has 10 nitrogen and oxygen atoms in total. The Morgan fingerprint density at radius 1 is 1.17 bits per heavy atom. The normalized spacial score (nSPS) is 12.1. The standard InChI is InChI=1S/C24H24N6O4S/c1-35-24-20(23-27-22(29-34-23)16-9-10-17-18(12-16)33-14-32-17)21(25)30(28-24)13-19(31)26-11-5-8-15-6-3-2-4-7-15/h2-4,6-7,9-10,12H,5,8,11,13-14,25H2,1H3,(H,26,31). The first-order chi connectivity index (χ1) is 17.1. The van der Waals surface area contributed by atoms with E-state index in [1.807, 2.05) is 30.5 Å². The molecule has 0 atom stereocenters. The molecule has 0 fully saturated rings. The molecule has 0 saturated heterocycles. The summed E-state index contributed by atoms with van der Waals surface area (Å²) in [5.74, 6) is 2.03. The van der Waals surface area contributed by atoms with Gasteiger partial charge in [0.15, 0.2) is 11.5 Å². The molecule has 2 aromatic heterocycles. The van der Waals surface area contributed by atoms with E-state index < -0.39 is 0 Å². The maximum absolute atomic E-state index is 12.5. The third-order valence-electron chi connectivity index (χ3n) is 5.52. The van der Waals surface area contributed by atoms with Gasteiger partial charge in [0, 0.05) is 12.1 Å². The molecule has 4 aromatic rings. The number of amides is 1. The van der Waals surface area contributed by atoms with E-state index in [1.165, 1.54) is 22.0 Å². The fourth-order valence-electron chi connectivity index (χ4n) is 3.75. The Balaban J connectivity index is 1.26. The quantitative estimate of drug-likeness (QED) is 0.267. The van der Waals surface area contributed by atoms with E-state index in [4.69, 9.17) is 19.7 Å². The maximum atomic E-state index is 12.5. The molecular formula is C24H24N6O4S. The number of nitrogens with zero attached hydrogens (tertiary/aromatic N) is 4. The Labute approximate surface area is 205 Å². The zero-order valence-electron chi connectivity index (χ0n) is 19.1. The number of hydrogen-bond acceptors (Lipinski definition) is 9. The number of rotatable bonds is 9. The van der Waals surface area contributed by atoms with Gasteiger partial charge in [-0.1, -0.05) is 35.5 Å². The molecule has 180 valence electrons. The number of anilines is 1. The monoisotopic (exact) mass is 492 g/mol. The number of ether oxygens (including phenoxy) is 2. The molecule has 5 rings (SSSR count). The van der Waals surface area contributed by atoms with Gasteiger partial charge in [0.05, 0.1) is 0 Å². The predicted molar refractivity (Wildman–Crippen MR) is 131 cm³/mol. The molecule has 35 heavy (non-hydrogen) atoms. The maximum Gasteiger partial charge on any atom is 0.264 e. The average molecular weight is 493 g/mol. The molecule has 3 heterocycles. The topological polar surface area (TPSA) is 130 Å². The summed E-state index contributed by atoms with van der Waals surface area (Å²) < 4.78 is 17.7. The van der Waals surface area contributed by atoms with Crippen LogP contribution < -0.4 is 20.5 Å². The zero-order chi connectivity index (χ0) is 24.2. The SMILES string of the molecule is CSc1nn(CC(=O)NCCCc2ccccc2)c(N)c1-c1nc(-c2ccc3c(c2)OCO3)no1. The van der Waals surface area contributed by atoms with Gasteiger partial charge in [-0.25, -0.2) is 4.68 Å². The Morgan fingerprint density at radius 2 is 2.00 bits per heavy atom. The summed E-state index contributed by atoms with van der Waals surface area (Å²) in [5.41, 5.74) is 8.82. The highest BCUT2D eigenvalue weighted by atomic mass is 32.2. The minimum Gasteiger partial charge on any atom is -0.454 e. The molecule has 0 saturated carbocycles. The lowest BCUT2D eigenvalue weighted by atomic mass is 10.1. The van der Waals surface area contributed by atoms with Crippen LogP contribution in [0.5, 0.6) is 11.5 Å². The van der Waals surface area contributed by atoms with Gasteiger partial charge in [0.25, 0.3) is 5.89 Å². The second-order valence-corrected chi connectivity index (χ2v) is 8.65. The summed E-state index contributed by atoms with van der Waals surface area (Å²) in [6.45, 7) is 0.747. The van der Waals surface area contributed by atoms with Crippen molar-refractivity contribution in [1.82, 2.24) is 25.2 Å². The molecule has 3 N–H and O–H groups in total. The third-order valence-corrected chi connectivity index (χ3v) is 6.20. The highest BCUT2D eigenvalue weighted by Crippen LogP contribution is 2.37. The van der Waals surface area contributed by atoms with Crippen LogP contribution >= 0.6 is 11.8 Å². The Bertz CT molecular complexity index is 1340. The van der Waals surface area contributed by atoms with Gasteiger partial charge in [0.2, 0.25) is 18.5 Å². The fourth-order valence-corrected chi connectivity index (χ4v) is 4.33. The third kappa shape index (κ3) is 4.94. The zero-order valence-corrected chi connectivity index (χ0v) is 19.9. The van der Waals surface area contributed by atoms with E-state index in [2.05, 4.69) is 32.7 Å². The van der Waals surface area contributed by atoms with Gasteiger partial charge in [-0.15, -0.1) is 11.8 Å². The second-order valence-electron chi connectivity index (χ2n) is 7.86. The van der Waals surface area contributed by atoms with Gasteiger partial charge in [-0.3, -0.25) is 4.79 Å². The van der Waals surface area contributed by atoms with Crippen molar-refractivity contribution in [3.63, 3.8) is 0 Å². The second kappa shape index (κ2) is 10.1. The number of aromatic nitrogens is 4. The molecular weight excluding hydrogens is 468 g/mol. The lowest BCUT2D eigenvalue weighted by Gasteiger charge is -2.07. The van der Waals surface area contributed by atoms with Gasteiger partial charge >= 0.3 is 0 Å². The Kier molecular flexibility index (Phi) is 6.57. The molecule has 1 amide bonds.